The van der Waals surface area contributed by atoms with Crippen LogP contribution in [0.15, 0.2) is 0 Å². The molecule has 0 aromatic rings. The van der Waals surface area contributed by atoms with Gasteiger partial charge in [-0.15, -0.1) is 0 Å². The smallest absolute Gasteiger partial charge is 0.596 e. The molecule has 0 spiro atoms. The predicted octanol–water partition coefficient (Wildman–Crippen LogP) is -0.565. The van der Waals surface area contributed by atoms with Crippen LogP contribution in [0.25, 0.3) is 0 Å². The van der Waals surface area contributed by atoms with E-state index in [1.165, 1.54) is 0 Å². The van der Waals surface area contributed by atoms with Crippen LogP contribution in [0.2, 0.25) is 0 Å². The molecule has 0 bridgehead atoms. The summed E-state index contributed by atoms with van der Waals surface area (Å²) in [6.07, 6.45) is 0. The van der Waals surface area contributed by atoms with Crippen LogP contribution in [0, 0.1) is 0 Å². The van der Waals surface area contributed by atoms with E-state index < -0.39 is 16.1 Å². The van der Waals surface area contributed by atoms with Gasteiger partial charge in [0.05, 0.1) is 0 Å². The average Bonchev–Trinajstić information content (AvgIpc) is 1.25. The summed E-state index contributed by atoms with van der Waals surface area (Å²) < 4.78 is 18.1. The molecule has 4 nitrogen and oxygen atoms in total. The molecule has 0 radical (unpaired) electrons. The van der Waals surface area contributed by atoms with E-state index in [1.54, 1.807) is 0 Å². The molecule has 0 rings (SSSR count). The molecule has 0 N–H and O–H groups in total. The molecule has 0 aromatic carbocycles. The summed E-state index contributed by atoms with van der Waals surface area (Å²) in [4.78, 5) is 18.1. The fourth-order valence-electron chi connectivity index (χ4n) is 0. The summed E-state index contributed by atoms with van der Waals surface area (Å²) >= 11 is 0. The SMILES string of the molecule is C[P+](=O)[O-].C[P+](=O)[O-].[Ni+2]. The first-order valence-electron chi connectivity index (χ1n) is 1.62. The molecule has 56 valence electrons. The summed E-state index contributed by atoms with van der Waals surface area (Å²) in [5.74, 6) is 0. The Hall–Kier alpha value is 0.614. The van der Waals surface area contributed by atoms with Crippen molar-refractivity contribution in [2.75, 3.05) is 13.3 Å². The predicted molar refractivity (Wildman–Crippen MR) is 27.1 cm³/mol. The number of hydrogen-bond donors (Lipinski definition) is 0. The summed E-state index contributed by atoms with van der Waals surface area (Å²) in [6, 6.07) is 0. The summed E-state index contributed by atoms with van der Waals surface area (Å²) in [5.41, 5.74) is 0. The van der Waals surface area contributed by atoms with Crippen molar-refractivity contribution < 1.29 is 35.4 Å². The first-order valence-corrected chi connectivity index (χ1v) is 4.87. The molecule has 0 saturated carbocycles. The van der Waals surface area contributed by atoms with Gasteiger partial charge in [-0.05, 0) is 0 Å². The van der Waals surface area contributed by atoms with Crippen LogP contribution in [-0.4, -0.2) is 13.3 Å². The number of rotatable bonds is 0. The molecular weight excluding hydrogens is 209 g/mol. The van der Waals surface area contributed by atoms with Crippen molar-refractivity contribution in [3.05, 3.63) is 0 Å². The van der Waals surface area contributed by atoms with E-state index in [2.05, 4.69) is 0 Å². The van der Waals surface area contributed by atoms with Gasteiger partial charge in [-0.2, -0.15) is 0 Å². The molecule has 0 aliphatic rings. The second-order valence-electron chi connectivity index (χ2n) is 0.879. The van der Waals surface area contributed by atoms with Crippen molar-refractivity contribution in [3.8, 4) is 0 Å². The Morgan fingerprint density at radius 1 is 1.00 bits per heavy atom. The fraction of sp³-hybridized carbons (Fsp3) is 1.00. The Morgan fingerprint density at radius 2 is 1.00 bits per heavy atom. The zero-order valence-electron chi connectivity index (χ0n) is 4.84. The van der Waals surface area contributed by atoms with E-state index in [-0.39, 0.29) is 16.5 Å². The Bertz CT molecular complexity index is 74.6. The molecule has 2 atom stereocenters. The largest absolute Gasteiger partial charge is 2.00 e. The van der Waals surface area contributed by atoms with E-state index in [0.29, 0.717) is 0 Å². The maximum Gasteiger partial charge on any atom is 2.00 e. The van der Waals surface area contributed by atoms with E-state index in [9.17, 15) is 0 Å². The standard InChI is InChI=1S/2CH3O2P.Ni/c2*1-4(2)3;/h2*1H3;/q;;+2. The van der Waals surface area contributed by atoms with E-state index >= 15 is 0 Å². The Kier molecular flexibility index (Phi) is 20.7. The third kappa shape index (κ3) is 1000. The van der Waals surface area contributed by atoms with Crippen LogP contribution in [0.1, 0.15) is 0 Å². The fourth-order valence-corrected chi connectivity index (χ4v) is 0. The number of hydrogen-bond acceptors (Lipinski definition) is 4. The monoisotopic (exact) mass is 214 g/mol. The Morgan fingerprint density at radius 3 is 1.00 bits per heavy atom. The quantitative estimate of drug-likeness (QED) is 0.400. The van der Waals surface area contributed by atoms with Gasteiger partial charge in [0.15, 0.2) is 0 Å². The molecule has 0 aliphatic carbocycles. The van der Waals surface area contributed by atoms with Crippen molar-refractivity contribution in [1.29, 1.82) is 0 Å². The van der Waals surface area contributed by atoms with Gasteiger partial charge in [-0.1, -0.05) is 9.13 Å². The summed E-state index contributed by atoms with van der Waals surface area (Å²) in [6.45, 7) is 2.24. The Labute approximate surface area is 65.3 Å². The maximum atomic E-state index is 9.04. The van der Waals surface area contributed by atoms with Crippen molar-refractivity contribution in [3.63, 3.8) is 0 Å². The van der Waals surface area contributed by atoms with Crippen LogP contribution in [0.4, 0.5) is 0 Å². The molecule has 0 fully saturated rings. The van der Waals surface area contributed by atoms with Crippen LogP contribution in [0.3, 0.4) is 0 Å². The van der Waals surface area contributed by atoms with E-state index in [1.807, 2.05) is 0 Å². The van der Waals surface area contributed by atoms with Crippen LogP contribution >= 0.6 is 16.1 Å². The van der Waals surface area contributed by atoms with Gasteiger partial charge >= 0.3 is 32.5 Å². The van der Waals surface area contributed by atoms with Gasteiger partial charge < -0.3 is 9.79 Å². The molecule has 0 saturated heterocycles. The summed E-state index contributed by atoms with van der Waals surface area (Å²) in [7, 11) is -4.24. The van der Waals surface area contributed by atoms with Gasteiger partial charge in [0.1, 0.15) is 13.3 Å². The second-order valence-corrected chi connectivity index (χ2v) is 2.64. The molecule has 7 heteroatoms. The van der Waals surface area contributed by atoms with Crippen LogP contribution in [-0.2, 0) is 25.6 Å². The van der Waals surface area contributed by atoms with E-state index in [0.717, 1.165) is 13.3 Å². The zero-order valence-corrected chi connectivity index (χ0v) is 7.62. The molecule has 0 aromatic heterocycles. The average molecular weight is 215 g/mol. The molecule has 0 amide bonds. The molecule has 0 heterocycles. The van der Waals surface area contributed by atoms with Crippen LogP contribution in [0.5, 0.6) is 0 Å². The van der Waals surface area contributed by atoms with Gasteiger partial charge in [0.25, 0.3) is 0 Å². The third-order valence-corrected chi connectivity index (χ3v) is 0. The van der Waals surface area contributed by atoms with Crippen molar-refractivity contribution >= 4 is 16.1 Å². The molecule has 9 heavy (non-hydrogen) atoms. The molecule has 0 aliphatic heterocycles. The van der Waals surface area contributed by atoms with Crippen molar-refractivity contribution in [1.82, 2.24) is 0 Å². The summed E-state index contributed by atoms with van der Waals surface area (Å²) in [5, 5.41) is 0. The topological polar surface area (TPSA) is 80.3 Å². The third-order valence-electron chi connectivity index (χ3n) is 0. The normalized spacial score (nSPS) is 9.78. The second kappa shape index (κ2) is 11.4. The molecular formula is C2H6NiO4P2+2. The minimum atomic E-state index is -2.12. The Balaban J connectivity index is -0.0000000720. The first-order chi connectivity index (χ1) is 3.46. The van der Waals surface area contributed by atoms with Crippen LogP contribution < -0.4 is 9.79 Å². The minimum absolute atomic E-state index is 0. The van der Waals surface area contributed by atoms with Gasteiger partial charge in [-0.25, -0.2) is 0 Å². The van der Waals surface area contributed by atoms with Crippen molar-refractivity contribution in [2.45, 2.75) is 0 Å². The van der Waals surface area contributed by atoms with Crippen molar-refractivity contribution in [2.24, 2.45) is 0 Å². The minimum Gasteiger partial charge on any atom is -0.596 e. The van der Waals surface area contributed by atoms with Gasteiger partial charge in [0, 0.05) is 0 Å². The maximum absolute atomic E-state index is 9.04. The van der Waals surface area contributed by atoms with Gasteiger partial charge in [-0.3, -0.25) is 0 Å². The first kappa shape index (κ1) is 16.3. The van der Waals surface area contributed by atoms with Gasteiger partial charge in [0.2, 0.25) is 0 Å². The molecule has 2 unspecified atom stereocenters. The van der Waals surface area contributed by atoms with E-state index in [4.69, 9.17) is 18.9 Å². The zero-order chi connectivity index (χ0) is 7.15.